The highest BCUT2D eigenvalue weighted by atomic mass is 16.3. The van der Waals surface area contributed by atoms with Gasteiger partial charge in [-0.3, -0.25) is 4.98 Å². The lowest BCUT2D eigenvalue weighted by molar-refractivity contribution is 0.470. The third kappa shape index (κ3) is 2.98. The molecule has 2 rings (SSSR count). The number of rotatable bonds is 4. The summed E-state index contributed by atoms with van der Waals surface area (Å²) < 4.78 is 0. The fourth-order valence-corrected chi connectivity index (χ4v) is 2.64. The number of allylic oxidation sites excluding steroid dienone is 2. The fourth-order valence-electron chi connectivity index (χ4n) is 2.64. The van der Waals surface area contributed by atoms with Crippen LogP contribution in [0.3, 0.4) is 0 Å². The monoisotopic (exact) mass is 282 g/mol. The Hall–Kier alpha value is -2.13. The van der Waals surface area contributed by atoms with E-state index in [4.69, 9.17) is 5.73 Å². The largest absolute Gasteiger partial charge is 0.505 e. The summed E-state index contributed by atoms with van der Waals surface area (Å²) in [5.41, 5.74) is 9.85. The summed E-state index contributed by atoms with van der Waals surface area (Å²) in [7, 11) is 0. The minimum atomic E-state index is -0.357. The van der Waals surface area contributed by atoms with Crippen LogP contribution in [0.2, 0.25) is 0 Å². The molecule has 1 aromatic heterocycles. The summed E-state index contributed by atoms with van der Waals surface area (Å²) in [5.74, 6) is 0.171. The minimum Gasteiger partial charge on any atom is -0.505 e. The zero-order chi connectivity index (χ0) is 15.4. The Balaban J connectivity index is 2.51. The Morgan fingerprint density at radius 2 is 2.14 bits per heavy atom. The number of nitrogens with two attached hydrogens (primary N) is 1. The molecule has 1 atom stereocenters. The molecule has 0 spiro atoms. The maximum Gasteiger partial charge on any atom is 0.146 e. The molecular weight excluding hydrogens is 260 g/mol. The molecule has 0 bridgehead atoms. The Bertz CT molecular complexity index is 701. The summed E-state index contributed by atoms with van der Waals surface area (Å²) in [6.07, 6.45) is 6.79. The Labute approximate surface area is 125 Å². The lowest BCUT2D eigenvalue weighted by atomic mass is 9.92. The maximum absolute atomic E-state index is 10.5. The molecule has 0 amide bonds. The predicted molar refractivity (Wildman–Crippen MR) is 88.1 cm³/mol. The first-order valence-electron chi connectivity index (χ1n) is 7.25. The Morgan fingerprint density at radius 3 is 2.81 bits per heavy atom. The molecule has 0 aliphatic carbocycles. The van der Waals surface area contributed by atoms with Gasteiger partial charge in [0.2, 0.25) is 0 Å². The van der Waals surface area contributed by atoms with Gasteiger partial charge in [-0.2, -0.15) is 0 Å². The average molecular weight is 282 g/mol. The second-order valence-corrected chi connectivity index (χ2v) is 5.10. The first-order chi connectivity index (χ1) is 10.1. The van der Waals surface area contributed by atoms with Gasteiger partial charge < -0.3 is 10.8 Å². The van der Waals surface area contributed by atoms with Gasteiger partial charge in [-0.1, -0.05) is 42.8 Å². The van der Waals surface area contributed by atoms with Gasteiger partial charge in [0.1, 0.15) is 11.3 Å². The Morgan fingerprint density at radius 1 is 1.38 bits per heavy atom. The molecule has 3 nitrogen and oxygen atoms in total. The van der Waals surface area contributed by atoms with Gasteiger partial charge in [-0.05, 0) is 31.9 Å². The van der Waals surface area contributed by atoms with E-state index >= 15 is 0 Å². The molecule has 0 saturated carbocycles. The number of benzene rings is 1. The summed E-state index contributed by atoms with van der Waals surface area (Å²) in [6.45, 7) is 6.12. The van der Waals surface area contributed by atoms with E-state index < -0.39 is 0 Å². The van der Waals surface area contributed by atoms with Gasteiger partial charge in [-0.25, -0.2) is 0 Å². The summed E-state index contributed by atoms with van der Waals surface area (Å²) >= 11 is 0. The van der Waals surface area contributed by atoms with Crippen LogP contribution in [0.15, 0.2) is 53.8 Å². The van der Waals surface area contributed by atoms with Crippen LogP contribution < -0.4 is 5.73 Å². The highest BCUT2D eigenvalue weighted by Gasteiger charge is 2.18. The normalized spacial score (nSPS) is 14.5. The van der Waals surface area contributed by atoms with Crippen molar-refractivity contribution in [3.05, 3.63) is 59.3 Å². The predicted octanol–water partition coefficient (Wildman–Crippen LogP) is 4.24. The molecule has 0 aliphatic rings. The molecule has 21 heavy (non-hydrogen) atoms. The SMILES string of the molecule is C/C=C(\C(C)=C/CC)C(N)c1ccc2cccnc2c1O. The number of aromatic nitrogens is 1. The van der Waals surface area contributed by atoms with E-state index in [-0.39, 0.29) is 11.8 Å². The number of fused-ring (bicyclic) bond motifs is 1. The van der Waals surface area contributed by atoms with Crippen molar-refractivity contribution in [2.75, 3.05) is 0 Å². The van der Waals surface area contributed by atoms with E-state index in [2.05, 4.69) is 24.9 Å². The second-order valence-electron chi connectivity index (χ2n) is 5.10. The molecule has 3 heteroatoms. The number of phenolic OH excluding ortho intramolecular Hbond substituents is 1. The lowest BCUT2D eigenvalue weighted by Gasteiger charge is -2.19. The Kier molecular flexibility index (Phi) is 4.76. The van der Waals surface area contributed by atoms with Crippen LogP contribution >= 0.6 is 0 Å². The van der Waals surface area contributed by atoms with Crippen LogP contribution in [-0.2, 0) is 0 Å². The molecule has 2 aromatic rings. The number of hydrogen-bond donors (Lipinski definition) is 2. The topological polar surface area (TPSA) is 59.1 Å². The van der Waals surface area contributed by atoms with E-state index in [1.165, 1.54) is 0 Å². The first-order valence-corrected chi connectivity index (χ1v) is 7.25. The number of nitrogens with zero attached hydrogens (tertiary/aromatic N) is 1. The highest BCUT2D eigenvalue weighted by molar-refractivity contribution is 5.85. The van der Waals surface area contributed by atoms with Gasteiger partial charge in [0.05, 0.1) is 6.04 Å². The summed E-state index contributed by atoms with van der Waals surface area (Å²) in [5, 5.41) is 11.4. The van der Waals surface area contributed by atoms with Crippen molar-refractivity contribution in [2.45, 2.75) is 33.2 Å². The van der Waals surface area contributed by atoms with Gasteiger partial charge in [-0.15, -0.1) is 0 Å². The molecular formula is C18H22N2O. The minimum absolute atomic E-state index is 0.171. The molecule has 1 heterocycles. The van der Waals surface area contributed by atoms with Crippen LogP contribution in [-0.4, -0.2) is 10.1 Å². The molecule has 0 fully saturated rings. The molecule has 1 aromatic carbocycles. The van der Waals surface area contributed by atoms with Crippen molar-refractivity contribution in [1.82, 2.24) is 4.98 Å². The number of hydrogen-bond acceptors (Lipinski definition) is 3. The second kappa shape index (κ2) is 6.55. The molecule has 0 aliphatic heterocycles. The zero-order valence-electron chi connectivity index (χ0n) is 12.8. The summed E-state index contributed by atoms with van der Waals surface area (Å²) in [4.78, 5) is 4.25. The van der Waals surface area contributed by atoms with Crippen LogP contribution in [0.25, 0.3) is 10.9 Å². The van der Waals surface area contributed by atoms with Gasteiger partial charge in [0, 0.05) is 17.1 Å². The smallest absolute Gasteiger partial charge is 0.146 e. The van der Waals surface area contributed by atoms with Gasteiger partial charge in [0.15, 0.2) is 0 Å². The van der Waals surface area contributed by atoms with E-state index in [0.29, 0.717) is 11.1 Å². The van der Waals surface area contributed by atoms with E-state index in [1.807, 2.05) is 37.3 Å². The maximum atomic E-state index is 10.5. The summed E-state index contributed by atoms with van der Waals surface area (Å²) in [6, 6.07) is 7.25. The third-order valence-electron chi connectivity index (χ3n) is 3.73. The quantitative estimate of drug-likeness (QED) is 0.824. The third-order valence-corrected chi connectivity index (χ3v) is 3.73. The van der Waals surface area contributed by atoms with E-state index in [0.717, 1.165) is 23.0 Å². The van der Waals surface area contributed by atoms with Gasteiger partial charge in [0.25, 0.3) is 0 Å². The highest BCUT2D eigenvalue weighted by Crippen LogP contribution is 2.35. The molecule has 0 saturated heterocycles. The van der Waals surface area contributed by atoms with E-state index in [1.54, 1.807) is 6.20 Å². The molecule has 0 radical (unpaired) electrons. The van der Waals surface area contributed by atoms with Crippen molar-refractivity contribution < 1.29 is 5.11 Å². The number of phenols is 1. The van der Waals surface area contributed by atoms with Crippen LogP contribution in [0, 0.1) is 0 Å². The number of pyridine rings is 1. The van der Waals surface area contributed by atoms with Crippen molar-refractivity contribution in [3.8, 4) is 5.75 Å². The van der Waals surface area contributed by atoms with Crippen molar-refractivity contribution in [3.63, 3.8) is 0 Å². The molecule has 1 unspecified atom stereocenters. The molecule has 3 N–H and O–H groups in total. The van der Waals surface area contributed by atoms with Crippen molar-refractivity contribution in [1.29, 1.82) is 0 Å². The fraction of sp³-hybridized carbons (Fsp3) is 0.278. The van der Waals surface area contributed by atoms with Crippen LogP contribution in [0.5, 0.6) is 5.75 Å². The van der Waals surface area contributed by atoms with E-state index in [9.17, 15) is 5.11 Å². The molecule has 110 valence electrons. The van der Waals surface area contributed by atoms with Gasteiger partial charge >= 0.3 is 0 Å². The van der Waals surface area contributed by atoms with Crippen LogP contribution in [0.1, 0.15) is 38.8 Å². The van der Waals surface area contributed by atoms with Crippen LogP contribution in [0.4, 0.5) is 0 Å². The lowest BCUT2D eigenvalue weighted by Crippen LogP contribution is -2.14. The van der Waals surface area contributed by atoms with Crippen molar-refractivity contribution >= 4 is 10.9 Å². The van der Waals surface area contributed by atoms with Crippen molar-refractivity contribution in [2.24, 2.45) is 5.73 Å². The standard InChI is InChI=1S/C18H22N2O/c1-4-7-12(3)14(5-2)16(19)15-10-9-13-8-6-11-20-17(13)18(15)21/h5-11,16,21H,4,19H2,1-3H3/b12-7-,14-5+. The average Bonchev–Trinajstić information content (AvgIpc) is 2.48. The zero-order valence-corrected chi connectivity index (χ0v) is 12.8. The number of aromatic hydroxyl groups is 1. The first kappa shape index (κ1) is 15.3.